The minimum absolute atomic E-state index is 0. The molecule has 2 N–H and O–H groups in total. The van der Waals surface area contributed by atoms with Gasteiger partial charge >= 0.3 is 5.69 Å². The molecule has 1 aliphatic rings. The second kappa shape index (κ2) is 7.95. The van der Waals surface area contributed by atoms with Crippen LogP contribution in [-0.4, -0.2) is 45.5 Å². The average Bonchev–Trinajstić information content (AvgIpc) is 2.48. The molecule has 0 spiro atoms. The summed E-state index contributed by atoms with van der Waals surface area (Å²) in [5, 5.41) is 29.9. The third-order valence-corrected chi connectivity index (χ3v) is 3.72. The lowest BCUT2D eigenvalue weighted by Crippen LogP contribution is -2.31. The number of ketones is 1. The molecular weight excluding hydrogens is 312 g/mol. The van der Waals surface area contributed by atoms with E-state index in [2.05, 4.69) is 4.90 Å². The fraction of sp³-hybridized carbons (Fsp3) is 0.500. The lowest BCUT2D eigenvalue weighted by Gasteiger charge is -2.25. The number of nitro groups is 1. The number of piperidine rings is 1. The topological polar surface area (TPSA) is 104 Å². The number of Topliss-reactive ketones (excluding diaryl/α,β-unsaturated/α-hetero) is 1. The van der Waals surface area contributed by atoms with Gasteiger partial charge in [-0.1, -0.05) is 6.42 Å². The summed E-state index contributed by atoms with van der Waals surface area (Å²) in [6.45, 7) is 2.43. The Morgan fingerprint density at radius 1 is 1.23 bits per heavy atom. The molecule has 1 aliphatic heterocycles. The quantitative estimate of drug-likeness (QED) is 0.372. The molecule has 22 heavy (non-hydrogen) atoms. The van der Waals surface area contributed by atoms with E-state index in [4.69, 9.17) is 0 Å². The van der Waals surface area contributed by atoms with Gasteiger partial charge in [0.1, 0.15) is 0 Å². The molecule has 0 radical (unpaired) electrons. The van der Waals surface area contributed by atoms with Gasteiger partial charge in [-0.2, -0.15) is 0 Å². The van der Waals surface area contributed by atoms with Crippen molar-refractivity contribution in [3.8, 4) is 11.5 Å². The molecule has 8 heteroatoms. The van der Waals surface area contributed by atoms with Crippen molar-refractivity contribution in [1.82, 2.24) is 4.90 Å². The summed E-state index contributed by atoms with van der Waals surface area (Å²) < 4.78 is 0. The molecule has 0 unspecified atom stereocenters. The Bertz CT molecular complexity index is 558. The van der Waals surface area contributed by atoms with Crippen molar-refractivity contribution in [2.24, 2.45) is 0 Å². The second-order valence-electron chi connectivity index (χ2n) is 5.16. The van der Waals surface area contributed by atoms with E-state index < -0.39 is 27.9 Å². The molecule has 0 atom stereocenters. The molecule has 0 bridgehead atoms. The van der Waals surface area contributed by atoms with Gasteiger partial charge in [-0.15, -0.1) is 12.4 Å². The molecule has 1 aromatic rings. The monoisotopic (exact) mass is 330 g/mol. The molecular formula is C14H19ClN2O5. The highest BCUT2D eigenvalue weighted by atomic mass is 35.5. The largest absolute Gasteiger partial charge is 0.504 e. The van der Waals surface area contributed by atoms with Gasteiger partial charge in [0, 0.05) is 13.0 Å². The first-order valence-electron chi connectivity index (χ1n) is 6.95. The number of rotatable bonds is 5. The molecule has 2 rings (SSSR count). The van der Waals surface area contributed by atoms with E-state index in [0.717, 1.165) is 32.0 Å². The van der Waals surface area contributed by atoms with Crippen LogP contribution in [0.25, 0.3) is 0 Å². The molecule has 1 saturated heterocycles. The van der Waals surface area contributed by atoms with Crippen LogP contribution in [0.3, 0.4) is 0 Å². The Hall–Kier alpha value is -1.86. The van der Waals surface area contributed by atoms with Gasteiger partial charge < -0.3 is 15.1 Å². The van der Waals surface area contributed by atoms with E-state index in [1.165, 1.54) is 12.5 Å². The SMILES string of the molecule is Cl.O=C(CCN1CCCCC1)c1ccc(O)c(O)c1[N+](=O)[O-]. The van der Waals surface area contributed by atoms with Gasteiger partial charge in [-0.05, 0) is 38.1 Å². The number of halogens is 1. The van der Waals surface area contributed by atoms with E-state index >= 15 is 0 Å². The number of carbonyl (C=O) groups excluding carboxylic acids is 1. The summed E-state index contributed by atoms with van der Waals surface area (Å²) in [7, 11) is 0. The van der Waals surface area contributed by atoms with Crippen LogP contribution in [0.15, 0.2) is 12.1 Å². The standard InChI is InChI=1S/C14H18N2O5.ClH/c17-11(6-9-15-7-2-1-3-8-15)10-4-5-12(18)14(19)13(10)16(20)21;/h4-5,18-19H,1-3,6-9H2;1H. The highest BCUT2D eigenvalue weighted by Gasteiger charge is 2.27. The maximum absolute atomic E-state index is 12.2. The summed E-state index contributed by atoms with van der Waals surface area (Å²) in [6.07, 6.45) is 3.56. The van der Waals surface area contributed by atoms with Gasteiger partial charge in [0.15, 0.2) is 11.5 Å². The molecule has 1 aromatic carbocycles. The number of aromatic hydroxyl groups is 2. The van der Waals surface area contributed by atoms with E-state index in [9.17, 15) is 25.1 Å². The molecule has 1 fully saturated rings. The van der Waals surface area contributed by atoms with E-state index in [0.29, 0.717) is 6.54 Å². The number of hydrogen-bond donors (Lipinski definition) is 2. The maximum atomic E-state index is 12.2. The van der Waals surface area contributed by atoms with Crippen LogP contribution in [0.1, 0.15) is 36.0 Å². The van der Waals surface area contributed by atoms with Crippen molar-refractivity contribution in [2.75, 3.05) is 19.6 Å². The summed E-state index contributed by atoms with van der Waals surface area (Å²) in [5.74, 6) is -1.86. The number of likely N-dealkylation sites (tertiary alicyclic amines) is 1. The van der Waals surface area contributed by atoms with Gasteiger partial charge in [0.25, 0.3) is 0 Å². The van der Waals surface area contributed by atoms with E-state index in [1.807, 2.05) is 0 Å². The Morgan fingerprint density at radius 2 is 1.86 bits per heavy atom. The Labute approximate surface area is 134 Å². The van der Waals surface area contributed by atoms with Crippen LogP contribution in [0.2, 0.25) is 0 Å². The number of benzene rings is 1. The minimum Gasteiger partial charge on any atom is -0.504 e. The second-order valence-corrected chi connectivity index (χ2v) is 5.16. The Morgan fingerprint density at radius 3 is 2.45 bits per heavy atom. The maximum Gasteiger partial charge on any atom is 0.325 e. The zero-order chi connectivity index (χ0) is 15.4. The molecule has 122 valence electrons. The van der Waals surface area contributed by atoms with Gasteiger partial charge in [0.05, 0.1) is 10.5 Å². The van der Waals surface area contributed by atoms with E-state index in [1.54, 1.807) is 0 Å². The predicted octanol–water partition coefficient (Wildman–Crippen LogP) is 2.49. The fourth-order valence-corrected chi connectivity index (χ4v) is 2.56. The first kappa shape index (κ1) is 18.2. The van der Waals surface area contributed by atoms with Gasteiger partial charge in [-0.3, -0.25) is 14.9 Å². The van der Waals surface area contributed by atoms with Crippen molar-refractivity contribution in [3.05, 3.63) is 27.8 Å². The smallest absolute Gasteiger partial charge is 0.325 e. The zero-order valence-electron chi connectivity index (χ0n) is 12.0. The lowest BCUT2D eigenvalue weighted by molar-refractivity contribution is -0.386. The van der Waals surface area contributed by atoms with Crippen LogP contribution in [-0.2, 0) is 0 Å². The fourth-order valence-electron chi connectivity index (χ4n) is 2.56. The van der Waals surface area contributed by atoms with Crippen LogP contribution < -0.4 is 0 Å². The third-order valence-electron chi connectivity index (χ3n) is 3.72. The number of phenolic OH excluding ortho intramolecular Hbond substituents is 2. The molecule has 0 aliphatic carbocycles. The Balaban J connectivity index is 0.00000242. The van der Waals surface area contributed by atoms with Crippen LogP contribution in [0.5, 0.6) is 11.5 Å². The van der Waals surface area contributed by atoms with E-state index in [-0.39, 0.29) is 24.4 Å². The molecule has 1 heterocycles. The lowest BCUT2D eigenvalue weighted by atomic mass is 10.0. The summed E-state index contributed by atoms with van der Waals surface area (Å²) in [6, 6.07) is 2.28. The number of hydrogen-bond acceptors (Lipinski definition) is 6. The van der Waals surface area contributed by atoms with Crippen molar-refractivity contribution < 1.29 is 19.9 Å². The van der Waals surface area contributed by atoms with Gasteiger partial charge in [-0.25, -0.2) is 0 Å². The predicted molar refractivity (Wildman–Crippen MR) is 82.9 cm³/mol. The normalized spacial score (nSPS) is 15.1. The first-order valence-corrected chi connectivity index (χ1v) is 6.95. The molecule has 0 aromatic heterocycles. The van der Waals surface area contributed by atoms with Crippen molar-refractivity contribution in [3.63, 3.8) is 0 Å². The number of phenols is 2. The van der Waals surface area contributed by atoms with Crippen LogP contribution >= 0.6 is 12.4 Å². The third kappa shape index (κ3) is 4.08. The van der Waals surface area contributed by atoms with Crippen LogP contribution in [0.4, 0.5) is 5.69 Å². The van der Waals surface area contributed by atoms with Gasteiger partial charge in [0.2, 0.25) is 5.75 Å². The highest BCUT2D eigenvalue weighted by Crippen LogP contribution is 2.38. The number of nitrogens with zero attached hydrogens (tertiary/aromatic N) is 2. The molecule has 0 amide bonds. The molecule has 7 nitrogen and oxygen atoms in total. The number of nitro benzene ring substituents is 1. The summed E-state index contributed by atoms with van der Waals surface area (Å²) in [4.78, 5) is 24.4. The van der Waals surface area contributed by atoms with Crippen molar-refractivity contribution >= 4 is 23.9 Å². The minimum atomic E-state index is -0.858. The van der Waals surface area contributed by atoms with Crippen molar-refractivity contribution in [2.45, 2.75) is 25.7 Å². The first-order chi connectivity index (χ1) is 10.0. The molecule has 0 saturated carbocycles. The highest BCUT2D eigenvalue weighted by molar-refractivity contribution is 6.01. The Kier molecular flexibility index (Phi) is 6.58. The zero-order valence-corrected chi connectivity index (χ0v) is 12.8. The van der Waals surface area contributed by atoms with Crippen molar-refractivity contribution in [1.29, 1.82) is 0 Å². The number of carbonyl (C=O) groups is 1. The summed E-state index contributed by atoms with van der Waals surface area (Å²) in [5.41, 5.74) is -0.883. The summed E-state index contributed by atoms with van der Waals surface area (Å²) >= 11 is 0. The van der Waals surface area contributed by atoms with Crippen LogP contribution in [0, 0.1) is 10.1 Å². The average molecular weight is 331 g/mol.